The van der Waals surface area contributed by atoms with Gasteiger partial charge in [-0.05, 0) is 24.6 Å². The molecule has 1 heterocycles. The van der Waals surface area contributed by atoms with E-state index in [-0.39, 0.29) is 6.04 Å². The van der Waals surface area contributed by atoms with Crippen molar-refractivity contribution in [2.24, 2.45) is 5.10 Å². The minimum Gasteiger partial charge on any atom is -0.379 e. The highest BCUT2D eigenvalue weighted by atomic mass is 35.5. The number of halogens is 1. The summed E-state index contributed by atoms with van der Waals surface area (Å²) >= 11 is 6.19. The first-order valence-electron chi connectivity index (χ1n) is 8.17. The number of hydrogen-bond donors (Lipinski definition) is 1. The second kappa shape index (κ2) is 8.29. The summed E-state index contributed by atoms with van der Waals surface area (Å²) in [6.07, 6.45) is 0. The molecule has 0 saturated carbocycles. The summed E-state index contributed by atoms with van der Waals surface area (Å²) in [5.41, 5.74) is 6.15. The predicted molar refractivity (Wildman–Crippen MR) is 99.8 cm³/mol. The molecule has 1 fully saturated rings. The molecule has 1 atom stereocenters. The van der Waals surface area contributed by atoms with Gasteiger partial charge in [0.2, 0.25) is 0 Å². The van der Waals surface area contributed by atoms with E-state index in [1.54, 1.807) is 0 Å². The Labute approximate surface area is 148 Å². The van der Waals surface area contributed by atoms with Crippen LogP contribution in [-0.4, -0.2) is 36.9 Å². The smallest absolute Gasteiger partial charge is 0.0753 e. The molecule has 1 aliphatic rings. The van der Waals surface area contributed by atoms with Crippen LogP contribution in [0.1, 0.15) is 18.5 Å². The van der Waals surface area contributed by atoms with Crippen LogP contribution >= 0.6 is 11.6 Å². The van der Waals surface area contributed by atoms with Gasteiger partial charge in [-0.2, -0.15) is 5.10 Å². The van der Waals surface area contributed by atoms with E-state index in [9.17, 15) is 0 Å². The zero-order valence-electron chi connectivity index (χ0n) is 13.8. The van der Waals surface area contributed by atoms with Gasteiger partial charge in [-0.15, -0.1) is 0 Å². The Morgan fingerprint density at radius 1 is 1.08 bits per heavy atom. The topological polar surface area (TPSA) is 36.9 Å². The number of rotatable bonds is 5. The van der Waals surface area contributed by atoms with E-state index in [2.05, 4.69) is 46.6 Å². The molecule has 24 heavy (non-hydrogen) atoms. The van der Waals surface area contributed by atoms with E-state index in [0.29, 0.717) is 5.02 Å². The summed E-state index contributed by atoms with van der Waals surface area (Å²) in [5.74, 6) is 0. The molecule has 4 nitrogen and oxygen atoms in total. The van der Waals surface area contributed by atoms with E-state index >= 15 is 0 Å². The number of hydrazone groups is 1. The van der Waals surface area contributed by atoms with Crippen LogP contribution in [0, 0.1) is 0 Å². The maximum atomic E-state index is 6.19. The summed E-state index contributed by atoms with van der Waals surface area (Å²) in [4.78, 5) is 2.41. The molecular weight excluding hydrogens is 322 g/mol. The first kappa shape index (κ1) is 17.0. The van der Waals surface area contributed by atoms with Gasteiger partial charge in [0.25, 0.3) is 0 Å². The molecule has 1 aliphatic heterocycles. The van der Waals surface area contributed by atoms with Crippen molar-refractivity contribution in [2.45, 2.75) is 13.0 Å². The first-order valence-corrected chi connectivity index (χ1v) is 8.55. The molecule has 0 radical (unpaired) electrons. The number of nitrogens with one attached hydrogen (secondary N) is 1. The SMILES string of the molecule is C/C(=N\Nc1ccccc1Cl)C(c1ccccc1)N1CCOCC1. The molecule has 1 N–H and O–H groups in total. The van der Waals surface area contributed by atoms with E-state index in [1.807, 2.05) is 30.3 Å². The molecule has 1 saturated heterocycles. The number of hydrogen-bond acceptors (Lipinski definition) is 4. The van der Waals surface area contributed by atoms with Crippen molar-refractivity contribution in [3.8, 4) is 0 Å². The Hall–Kier alpha value is -1.88. The average molecular weight is 344 g/mol. The standard InChI is InChI=1S/C19H22ClN3O/c1-15(21-22-18-10-6-5-9-17(18)20)19(16-7-3-2-4-8-16)23-11-13-24-14-12-23/h2-10,19,22H,11-14H2,1H3/b21-15+. The molecule has 2 aromatic carbocycles. The predicted octanol–water partition coefficient (Wildman–Crippen LogP) is 4.20. The van der Waals surface area contributed by atoms with Gasteiger partial charge in [-0.3, -0.25) is 10.3 Å². The molecule has 0 aliphatic carbocycles. The molecule has 126 valence electrons. The third-order valence-electron chi connectivity index (χ3n) is 4.15. The fourth-order valence-corrected chi connectivity index (χ4v) is 3.13. The number of anilines is 1. The van der Waals surface area contributed by atoms with Gasteiger partial charge < -0.3 is 4.74 Å². The summed E-state index contributed by atoms with van der Waals surface area (Å²) in [6.45, 7) is 5.37. The van der Waals surface area contributed by atoms with Crippen LogP contribution in [0.5, 0.6) is 0 Å². The maximum absolute atomic E-state index is 6.19. The Kier molecular flexibility index (Phi) is 5.86. The van der Waals surface area contributed by atoms with E-state index in [4.69, 9.17) is 16.3 Å². The van der Waals surface area contributed by atoms with Crippen LogP contribution in [0.25, 0.3) is 0 Å². The average Bonchev–Trinajstić information content (AvgIpc) is 2.63. The highest BCUT2D eigenvalue weighted by Crippen LogP contribution is 2.25. The van der Waals surface area contributed by atoms with Gasteiger partial charge in [0.05, 0.1) is 35.7 Å². The Morgan fingerprint density at radius 2 is 1.75 bits per heavy atom. The number of nitrogens with zero attached hydrogens (tertiary/aromatic N) is 2. The lowest BCUT2D eigenvalue weighted by Gasteiger charge is -2.34. The van der Waals surface area contributed by atoms with Crippen molar-refractivity contribution < 1.29 is 4.74 Å². The molecule has 5 heteroatoms. The van der Waals surface area contributed by atoms with Crippen LogP contribution in [0.15, 0.2) is 59.7 Å². The lowest BCUT2D eigenvalue weighted by molar-refractivity contribution is 0.0286. The summed E-state index contributed by atoms with van der Waals surface area (Å²) in [7, 11) is 0. The Bertz CT molecular complexity index is 684. The summed E-state index contributed by atoms with van der Waals surface area (Å²) < 4.78 is 5.50. The fraction of sp³-hybridized carbons (Fsp3) is 0.316. The van der Waals surface area contributed by atoms with Gasteiger partial charge >= 0.3 is 0 Å². The van der Waals surface area contributed by atoms with Crippen molar-refractivity contribution >= 4 is 23.0 Å². The second-order valence-electron chi connectivity index (χ2n) is 5.81. The van der Waals surface area contributed by atoms with Crippen molar-refractivity contribution in [1.29, 1.82) is 0 Å². The number of para-hydroxylation sites is 1. The fourth-order valence-electron chi connectivity index (χ4n) is 2.95. The molecule has 1 unspecified atom stereocenters. The Morgan fingerprint density at radius 3 is 2.46 bits per heavy atom. The van der Waals surface area contributed by atoms with Crippen LogP contribution < -0.4 is 5.43 Å². The van der Waals surface area contributed by atoms with Gasteiger partial charge in [-0.1, -0.05) is 54.1 Å². The third-order valence-corrected chi connectivity index (χ3v) is 4.48. The van der Waals surface area contributed by atoms with Gasteiger partial charge in [0.15, 0.2) is 0 Å². The lowest BCUT2D eigenvalue weighted by Crippen LogP contribution is -2.41. The minimum absolute atomic E-state index is 0.130. The van der Waals surface area contributed by atoms with Crippen molar-refractivity contribution in [3.63, 3.8) is 0 Å². The van der Waals surface area contributed by atoms with Crippen molar-refractivity contribution in [2.75, 3.05) is 31.7 Å². The molecule has 0 spiro atoms. The zero-order chi connectivity index (χ0) is 16.8. The van der Waals surface area contributed by atoms with Crippen molar-refractivity contribution in [1.82, 2.24) is 4.90 Å². The summed E-state index contributed by atoms with van der Waals surface area (Å²) in [5, 5.41) is 5.27. The minimum atomic E-state index is 0.130. The van der Waals surface area contributed by atoms with Gasteiger partial charge in [-0.25, -0.2) is 0 Å². The number of benzene rings is 2. The maximum Gasteiger partial charge on any atom is 0.0753 e. The number of ether oxygens (including phenoxy) is 1. The highest BCUT2D eigenvalue weighted by Gasteiger charge is 2.25. The Balaban J connectivity index is 1.84. The van der Waals surface area contributed by atoms with E-state index in [1.165, 1.54) is 5.56 Å². The molecular formula is C19H22ClN3O. The third kappa shape index (κ3) is 4.15. The second-order valence-corrected chi connectivity index (χ2v) is 6.21. The van der Waals surface area contributed by atoms with Crippen LogP contribution in [0.2, 0.25) is 5.02 Å². The van der Waals surface area contributed by atoms with Crippen molar-refractivity contribution in [3.05, 3.63) is 65.2 Å². The summed E-state index contributed by atoms with van der Waals surface area (Å²) in [6, 6.07) is 18.2. The number of morpholine rings is 1. The first-order chi connectivity index (χ1) is 11.8. The van der Waals surface area contributed by atoms with Gasteiger partial charge in [0, 0.05) is 13.1 Å². The molecule has 3 rings (SSSR count). The highest BCUT2D eigenvalue weighted by molar-refractivity contribution is 6.33. The van der Waals surface area contributed by atoms with Crippen LogP contribution in [0.4, 0.5) is 5.69 Å². The zero-order valence-corrected chi connectivity index (χ0v) is 14.5. The molecule has 0 bridgehead atoms. The monoisotopic (exact) mass is 343 g/mol. The molecule has 0 aromatic heterocycles. The van der Waals surface area contributed by atoms with Crippen LogP contribution in [-0.2, 0) is 4.74 Å². The van der Waals surface area contributed by atoms with Crippen LogP contribution in [0.3, 0.4) is 0 Å². The largest absolute Gasteiger partial charge is 0.379 e. The molecule has 2 aromatic rings. The normalized spacial score (nSPS) is 17.5. The van der Waals surface area contributed by atoms with E-state index < -0.39 is 0 Å². The quantitative estimate of drug-likeness (QED) is 0.653. The van der Waals surface area contributed by atoms with E-state index in [0.717, 1.165) is 37.7 Å². The molecule has 0 amide bonds. The lowest BCUT2D eigenvalue weighted by atomic mass is 10.0. The van der Waals surface area contributed by atoms with Gasteiger partial charge in [0.1, 0.15) is 0 Å².